The Morgan fingerprint density at radius 3 is 2.79 bits per heavy atom. The van der Waals surface area contributed by atoms with Gasteiger partial charge in [-0.25, -0.2) is 5.01 Å². The average Bonchev–Trinajstić information content (AvgIpc) is 3.18. The molecule has 5 rings (SSSR count). The maximum Gasteiger partial charge on any atom is 0.200 e. The first kappa shape index (κ1) is 18.0. The van der Waals surface area contributed by atoms with Gasteiger partial charge in [-0.05, 0) is 37.4 Å². The van der Waals surface area contributed by atoms with Crippen LogP contribution in [0.2, 0.25) is 0 Å². The Balaban J connectivity index is 1.58. The van der Waals surface area contributed by atoms with Gasteiger partial charge in [0.1, 0.15) is 11.5 Å². The van der Waals surface area contributed by atoms with Gasteiger partial charge >= 0.3 is 0 Å². The zero-order valence-electron chi connectivity index (χ0n) is 16.2. The van der Waals surface area contributed by atoms with Crippen molar-refractivity contribution in [3.05, 3.63) is 58.1 Å². The summed E-state index contributed by atoms with van der Waals surface area (Å²) in [6, 6.07) is 14.7. The number of piperidine rings is 1. The van der Waals surface area contributed by atoms with Crippen LogP contribution in [0.25, 0.3) is 0 Å². The maximum atomic E-state index is 6.65. The van der Waals surface area contributed by atoms with Crippen molar-refractivity contribution in [3.8, 4) is 11.5 Å². The molecular weight excluding hydrogens is 418 g/mol. The third kappa shape index (κ3) is 2.90. The predicted molar refractivity (Wildman–Crippen MR) is 113 cm³/mol. The van der Waals surface area contributed by atoms with Gasteiger partial charge < -0.3 is 14.4 Å². The standard InChI is InChI=1S/C22H24BrN3O2/c1-25-10-8-22(9-11-25)26-20(18-13-16(23)6-7-21(18)28-22)14-19(24-26)15-4-3-5-17(12-15)27-2/h3-7,12-13,20H,8-11,14H2,1-2H3/t20-/m1/s1. The summed E-state index contributed by atoms with van der Waals surface area (Å²) in [6.07, 6.45) is 2.77. The van der Waals surface area contributed by atoms with Crippen molar-refractivity contribution in [2.45, 2.75) is 31.0 Å². The highest BCUT2D eigenvalue weighted by Crippen LogP contribution is 2.50. The van der Waals surface area contributed by atoms with E-state index in [4.69, 9.17) is 14.6 Å². The van der Waals surface area contributed by atoms with Crippen molar-refractivity contribution in [1.82, 2.24) is 9.91 Å². The first-order chi connectivity index (χ1) is 13.6. The van der Waals surface area contributed by atoms with Crippen LogP contribution in [-0.4, -0.2) is 48.6 Å². The summed E-state index contributed by atoms with van der Waals surface area (Å²) in [5.74, 6) is 1.86. The largest absolute Gasteiger partial charge is 0.497 e. The number of benzene rings is 2. The summed E-state index contributed by atoms with van der Waals surface area (Å²) in [7, 11) is 3.88. The fourth-order valence-corrected chi connectivity index (χ4v) is 4.91. The first-order valence-corrected chi connectivity index (χ1v) is 10.6. The number of methoxy groups -OCH3 is 1. The monoisotopic (exact) mass is 441 g/mol. The number of halogens is 1. The third-order valence-electron chi connectivity index (χ3n) is 6.13. The highest BCUT2D eigenvalue weighted by atomic mass is 79.9. The highest BCUT2D eigenvalue weighted by molar-refractivity contribution is 9.10. The molecule has 0 bridgehead atoms. The van der Waals surface area contributed by atoms with Crippen LogP contribution >= 0.6 is 15.9 Å². The Kier molecular flexibility index (Phi) is 4.36. The quantitative estimate of drug-likeness (QED) is 0.690. The molecule has 0 saturated carbocycles. The van der Waals surface area contributed by atoms with E-state index in [9.17, 15) is 0 Å². The molecule has 0 amide bonds. The van der Waals surface area contributed by atoms with Crippen LogP contribution in [0.1, 0.15) is 36.4 Å². The molecular formula is C22H24BrN3O2. The lowest BCUT2D eigenvalue weighted by molar-refractivity contribution is -0.147. The number of hydrogen-bond acceptors (Lipinski definition) is 5. The summed E-state index contributed by atoms with van der Waals surface area (Å²) in [5, 5.41) is 7.38. The number of hydrogen-bond donors (Lipinski definition) is 0. The molecule has 1 spiro atoms. The van der Waals surface area contributed by atoms with Crippen molar-refractivity contribution < 1.29 is 9.47 Å². The fourth-order valence-electron chi connectivity index (χ4n) is 4.53. The minimum atomic E-state index is -0.362. The normalized spacial score (nSPS) is 23.0. The Hall–Kier alpha value is -2.05. The zero-order chi connectivity index (χ0) is 19.3. The summed E-state index contributed by atoms with van der Waals surface area (Å²) in [6.45, 7) is 2.03. The van der Waals surface area contributed by atoms with Crippen LogP contribution in [0, 0.1) is 0 Å². The van der Waals surface area contributed by atoms with E-state index < -0.39 is 0 Å². The highest BCUT2D eigenvalue weighted by Gasteiger charge is 2.51. The molecule has 0 aliphatic carbocycles. The van der Waals surface area contributed by atoms with E-state index in [2.05, 4.69) is 63.2 Å². The summed E-state index contributed by atoms with van der Waals surface area (Å²) < 4.78 is 13.1. The Bertz CT molecular complexity index is 937. The molecule has 3 heterocycles. The lowest BCUT2D eigenvalue weighted by atomic mass is 9.91. The second-order valence-corrected chi connectivity index (χ2v) is 8.79. The molecule has 2 aromatic carbocycles. The minimum Gasteiger partial charge on any atom is -0.497 e. The van der Waals surface area contributed by atoms with Crippen molar-refractivity contribution >= 4 is 21.6 Å². The van der Waals surface area contributed by atoms with Crippen LogP contribution < -0.4 is 9.47 Å². The van der Waals surface area contributed by atoms with E-state index in [1.165, 1.54) is 5.56 Å². The van der Waals surface area contributed by atoms with E-state index in [-0.39, 0.29) is 11.8 Å². The number of likely N-dealkylation sites (tertiary alicyclic amines) is 1. The number of rotatable bonds is 2. The lowest BCUT2D eigenvalue weighted by Crippen LogP contribution is -2.58. The molecule has 0 unspecified atom stereocenters. The van der Waals surface area contributed by atoms with E-state index in [1.807, 2.05) is 12.1 Å². The van der Waals surface area contributed by atoms with Crippen molar-refractivity contribution in [2.24, 2.45) is 5.10 Å². The van der Waals surface area contributed by atoms with E-state index in [0.717, 1.165) is 59.6 Å². The molecule has 28 heavy (non-hydrogen) atoms. The zero-order valence-corrected chi connectivity index (χ0v) is 17.8. The summed E-state index contributed by atoms with van der Waals surface area (Å²) in [4.78, 5) is 2.36. The van der Waals surface area contributed by atoms with E-state index >= 15 is 0 Å². The Labute approximate surface area is 174 Å². The number of ether oxygens (including phenoxy) is 2. The van der Waals surface area contributed by atoms with Gasteiger partial charge in [-0.1, -0.05) is 28.1 Å². The van der Waals surface area contributed by atoms with Crippen molar-refractivity contribution in [3.63, 3.8) is 0 Å². The molecule has 0 aromatic heterocycles. The lowest BCUT2D eigenvalue weighted by Gasteiger charge is -2.50. The molecule has 3 aliphatic rings. The molecule has 1 fully saturated rings. The second kappa shape index (κ2) is 6.78. The number of nitrogens with zero attached hydrogens (tertiary/aromatic N) is 3. The molecule has 6 heteroatoms. The SMILES string of the molecule is COc1cccc(C2=NN3[C@H](C2)c2cc(Br)ccc2OC32CCN(C)CC2)c1. The topological polar surface area (TPSA) is 37.3 Å². The molecule has 0 radical (unpaired) electrons. The van der Waals surface area contributed by atoms with Crippen molar-refractivity contribution in [2.75, 3.05) is 27.2 Å². The molecule has 146 valence electrons. The van der Waals surface area contributed by atoms with Gasteiger partial charge in [0.15, 0.2) is 0 Å². The van der Waals surface area contributed by atoms with Crippen molar-refractivity contribution in [1.29, 1.82) is 0 Å². The number of hydrazone groups is 1. The van der Waals surface area contributed by atoms with Crippen LogP contribution in [0.3, 0.4) is 0 Å². The number of fused-ring (bicyclic) bond motifs is 4. The Morgan fingerprint density at radius 1 is 1.18 bits per heavy atom. The molecule has 1 atom stereocenters. The van der Waals surface area contributed by atoms with Crippen LogP contribution in [-0.2, 0) is 0 Å². The van der Waals surface area contributed by atoms with Gasteiger partial charge in [0.2, 0.25) is 5.72 Å². The fraction of sp³-hybridized carbons (Fsp3) is 0.409. The average molecular weight is 442 g/mol. The second-order valence-electron chi connectivity index (χ2n) is 7.88. The minimum absolute atomic E-state index is 0.200. The third-order valence-corrected chi connectivity index (χ3v) is 6.62. The van der Waals surface area contributed by atoms with E-state index in [0.29, 0.717) is 0 Å². The van der Waals surface area contributed by atoms with Gasteiger partial charge in [0.05, 0.1) is 18.9 Å². The maximum absolute atomic E-state index is 6.65. The van der Waals surface area contributed by atoms with Gasteiger partial charge in [-0.2, -0.15) is 5.10 Å². The molecule has 2 aromatic rings. The van der Waals surface area contributed by atoms with Gasteiger partial charge in [-0.15, -0.1) is 0 Å². The van der Waals surface area contributed by atoms with Crippen LogP contribution in [0.15, 0.2) is 52.0 Å². The summed E-state index contributed by atoms with van der Waals surface area (Å²) in [5.41, 5.74) is 3.06. The van der Waals surface area contributed by atoms with Gasteiger partial charge in [-0.3, -0.25) is 0 Å². The first-order valence-electron chi connectivity index (χ1n) is 9.76. The van der Waals surface area contributed by atoms with Crippen LogP contribution in [0.4, 0.5) is 0 Å². The van der Waals surface area contributed by atoms with E-state index in [1.54, 1.807) is 7.11 Å². The summed E-state index contributed by atoms with van der Waals surface area (Å²) >= 11 is 3.63. The smallest absolute Gasteiger partial charge is 0.200 e. The molecule has 1 saturated heterocycles. The Morgan fingerprint density at radius 2 is 2.00 bits per heavy atom. The molecule has 3 aliphatic heterocycles. The van der Waals surface area contributed by atoms with Crippen LogP contribution in [0.5, 0.6) is 11.5 Å². The van der Waals surface area contributed by atoms with Gasteiger partial charge in [0, 0.05) is 48.0 Å². The molecule has 5 nitrogen and oxygen atoms in total. The molecule has 0 N–H and O–H groups in total. The predicted octanol–water partition coefficient (Wildman–Crippen LogP) is 4.42. The van der Waals surface area contributed by atoms with Gasteiger partial charge in [0.25, 0.3) is 0 Å².